The van der Waals surface area contributed by atoms with Crippen molar-refractivity contribution in [1.29, 1.82) is 0 Å². The minimum atomic E-state index is -0.645. The van der Waals surface area contributed by atoms with Gasteiger partial charge in [-0.25, -0.2) is 4.39 Å². The van der Waals surface area contributed by atoms with E-state index >= 15 is 0 Å². The monoisotopic (exact) mass is 179 g/mol. The third kappa shape index (κ3) is 2.28. The summed E-state index contributed by atoms with van der Waals surface area (Å²) in [7, 11) is 0. The Balaban J connectivity index is 1.92. The van der Waals surface area contributed by atoms with Gasteiger partial charge >= 0.3 is 0 Å². The summed E-state index contributed by atoms with van der Waals surface area (Å²) >= 11 is 0. The molecule has 1 fully saturated rings. The van der Waals surface area contributed by atoms with Gasteiger partial charge in [0.15, 0.2) is 0 Å². The van der Waals surface area contributed by atoms with E-state index in [-0.39, 0.29) is 0 Å². The van der Waals surface area contributed by atoms with Crippen LogP contribution in [0.5, 0.6) is 0 Å². The second-order valence-corrected chi connectivity index (χ2v) is 3.63. The molecular weight excluding hydrogens is 165 g/mol. The van der Waals surface area contributed by atoms with Gasteiger partial charge in [-0.2, -0.15) is 0 Å². The molecule has 1 saturated heterocycles. The van der Waals surface area contributed by atoms with Gasteiger partial charge in [0.1, 0.15) is 6.17 Å². The van der Waals surface area contributed by atoms with Crippen LogP contribution >= 0.6 is 0 Å². The molecule has 0 bridgehead atoms. The van der Waals surface area contributed by atoms with E-state index in [2.05, 4.69) is 17.4 Å². The molecule has 0 aliphatic carbocycles. The zero-order chi connectivity index (χ0) is 9.10. The third-order valence-corrected chi connectivity index (χ3v) is 2.49. The molecule has 0 amide bonds. The molecule has 0 saturated carbocycles. The van der Waals surface area contributed by atoms with Crippen molar-refractivity contribution in [3.8, 4) is 0 Å². The Morgan fingerprint density at radius 2 is 2.08 bits per heavy atom. The topological polar surface area (TPSA) is 12.0 Å². The first-order valence-electron chi connectivity index (χ1n) is 4.76. The van der Waals surface area contributed by atoms with Crippen LogP contribution in [0.15, 0.2) is 30.3 Å². The zero-order valence-electron chi connectivity index (χ0n) is 7.54. The van der Waals surface area contributed by atoms with E-state index < -0.39 is 6.17 Å². The van der Waals surface area contributed by atoms with Gasteiger partial charge in [-0.3, -0.25) is 0 Å². The Bertz CT molecular complexity index is 260. The first kappa shape index (κ1) is 8.70. The number of alkyl halides is 1. The van der Waals surface area contributed by atoms with Gasteiger partial charge < -0.3 is 5.32 Å². The van der Waals surface area contributed by atoms with Gasteiger partial charge in [-0.15, -0.1) is 0 Å². The average Bonchev–Trinajstić information content (AvgIpc) is 2.53. The van der Waals surface area contributed by atoms with E-state index in [1.165, 1.54) is 5.56 Å². The molecule has 1 N–H and O–H groups in total. The first-order chi connectivity index (χ1) is 6.34. The van der Waals surface area contributed by atoms with Crippen molar-refractivity contribution in [2.75, 3.05) is 6.54 Å². The standard InChI is InChI=1S/C11H14FN/c12-10-7-11(13-8-10)6-9-4-2-1-3-5-9/h1-5,10-11,13H,6-8H2. The van der Waals surface area contributed by atoms with Gasteiger partial charge in [-0.05, 0) is 18.4 Å². The fourth-order valence-corrected chi connectivity index (χ4v) is 1.82. The minimum absolute atomic E-state index is 0.331. The number of benzene rings is 1. The lowest BCUT2D eigenvalue weighted by atomic mass is 10.0. The molecule has 0 aromatic heterocycles. The van der Waals surface area contributed by atoms with Crippen LogP contribution in [0.4, 0.5) is 4.39 Å². The summed E-state index contributed by atoms with van der Waals surface area (Å²) in [5.41, 5.74) is 1.29. The van der Waals surface area contributed by atoms with Crippen molar-refractivity contribution < 1.29 is 4.39 Å². The van der Waals surface area contributed by atoms with Gasteiger partial charge in [0.2, 0.25) is 0 Å². The Morgan fingerprint density at radius 3 is 2.69 bits per heavy atom. The number of hydrogen-bond acceptors (Lipinski definition) is 1. The Kier molecular flexibility index (Phi) is 2.60. The molecule has 70 valence electrons. The summed E-state index contributed by atoms with van der Waals surface area (Å²) in [6, 6.07) is 10.6. The second-order valence-electron chi connectivity index (χ2n) is 3.63. The van der Waals surface area contributed by atoms with Crippen LogP contribution in [0.2, 0.25) is 0 Å². The van der Waals surface area contributed by atoms with Crippen LogP contribution in [-0.4, -0.2) is 18.8 Å². The lowest BCUT2D eigenvalue weighted by molar-refractivity contribution is 0.355. The minimum Gasteiger partial charge on any atom is -0.311 e. The highest BCUT2D eigenvalue weighted by molar-refractivity contribution is 5.16. The average molecular weight is 179 g/mol. The molecule has 13 heavy (non-hydrogen) atoms. The predicted molar refractivity (Wildman–Crippen MR) is 51.4 cm³/mol. The van der Waals surface area contributed by atoms with Crippen LogP contribution in [-0.2, 0) is 6.42 Å². The van der Waals surface area contributed by atoms with Gasteiger partial charge in [0, 0.05) is 12.6 Å². The molecular formula is C11H14FN. The molecule has 1 aromatic rings. The molecule has 2 heteroatoms. The summed E-state index contributed by atoms with van der Waals surface area (Å²) in [6.07, 6.45) is 0.963. The van der Waals surface area contributed by atoms with Crippen molar-refractivity contribution in [1.82, 2.24) is 5.32 Å². The fraction of sp³-hybridized carbons (Fsp3) is 0.455. The largest absolute Gasteiger partial charge is 0.311 e. The number of halogens is 1. The van der Waals surface area contributed by atoms with E-state index in [1.807, 2.05) is 18.2 Å². The molecule has 1 nitrogen and oxygen atoms in total. The Labute approximate surface area is 78.0 Å². The van der Waals surface area contributed by atoms with Gasteiger partial charge in [0.25, 0.3) is 0 Å². The number of hydrogen-bond donors (Lipinski definition) is 1. The molecule has 2 rings (SSSR count). The third-order valence-electron chi connectivity index (χ3n) is 2.49. The molecule has 0 radical (unpaired) electrons. The van der Waals surface area contributed by atoms with Crippen molar-refractivity contribution in [2.24, 2.45) is 0 Å². The smallest absolute Gasteiger partial charge is 0.114 e. The van der Waals surface area contributed by atoms with Crippen molar-refractivity contribution in [3.05, 3.63) is 35.9 Å². The Morgan fingerprint density at radius 1 is 1.31 bits per heavy atom. The van der Waals surface area contributed by atoms with Crippen molar-refractivity contribution >= 4 is 0 Å². The zero-order valence-corrected chi connectivity index (χ0v) is 7.54. The van der Waals surface area contributed by atoms with E-state index in [0.29, 0.717) is 19.0 Å². The van der Waals surface area contributed by atoms with Crippen molar-refractivity contribution in [3.63, 3.8) is 0 Å². The molecule has 0 spiro atoms. The molecule has 1 aliphatic heterocycles. The maximum atomic E-state index is 12.8. The molecule has 1 aromatic carbocycles. The lowest BCUT2D eigenvalue weighted by Crippen LogP contribution is -2.23. The van der Waals surface area contributed by atoms with Gasteiger partial charge in [-0.1, -0.05) is 30.3 Å². The lowest BCUT2D eigenvalue weighted by Gasteiger charge is -2.08. The predicted octanol–water partition coefficient (Wildman–Crippen LogP) is 1.93. The van der Waals surface area contributed by atoms with Crippen molar-refractivity contribution in [2.45, 2.75) is 25.1 Å². The first-order valence-corrected chi connectivity index (χ1v) is 4.76. The van der Waals surface area contributed by atoms with Crippen LogP contribution in [0.1, 0.15) is 12.0 Å². The fourth-order valence-electron chi connectivity index (χ4n) is 1.82. The van der Waals surface area contributed by atoms with E-state index in [9.17, 15) is 4.39 Å². The quantitative estimate of drug-likeness (QED) is 0.731. The van der Waals surface area contributed by atoms with E-state index in [0.717, 1.165) is 6.42 Å². The van der Waals surface area contributed by atoms with Crippen LogP contribution < -0.4 is 5.32 Å². The highest BCUT2D eigenvalue weighted by atomic mass is 19.1. The SMILES string of the molecule is FC1CNC(Cc2ccccc2)C1. The highest BCUT2D eigenvalue weighted by Gasteiger charge is 2.23. The number of nitrogens with one attached hydrogen (secondary N) is 1. The van der Waals surface area contributed by atoms with Crippen LogP contribution in [0.3, 0.4) is 0 Å². The highest BCUT2D eigenvalue weighted by Crippen LogP contribution is 2.14. The summed E-state index contributed by atoms with van der Waals surface area (Å²) in [5.74, 6) is 0. The van der Waals surface area contributed by atoms with Crippen LogP contribution in [0.25, 0.3) is 0 Å². The second kappa shape index (κ2) is 3.88. The molecule has 1 heterocycles. The van der Waals surface area contributed by atoms with E-state index in [4.69, 9.17) is 0 Å². The summed E-state index contributed by atoms with van der Waals surface area (Å²) in [4.78, 5) is 0. The maximum absolute atomic E-state index is 12.8. The summed E-state index contributed by atoms with van der Waals surface area (Å²) in [5, 5.41) is 3.18. The molecule has 2 unspecified atom stereocenters. The normalized spacial score (nSPS) is 27.8. The maximum Gasteiger partial charge on any atom is 0.114 e. The number of rotatable bonds is 2. The molecule has 2 atom stereocenters. The summed E-state index contributed by atoms with van der Waals surface area (Å²) in [6.45, 7) is 0.525. The molecule has 1 aliphatic rings. The van der Waals surface area contributed by atoms with Gasteiger partial charge in [0.05, 0.1) is 0 Å². The van der Waals surface area contributed by atoms with E-state index in [1.54, 1.807) is 0 Å². The Hall–Kier alpha value is -0.890. The van der Waals surface area contributed by atoms with Crippen LogP contribution in [0, 0.1) is 0 Å². The summed E-state index contributed by atoms with van der Waals surface area (Å²) < 4.78 is 12.8.